The summed E-state index contributed by atoms with van der Waals surface area (Å²) < 4.78 is 28.8. The molecule has 0 aromatic rings. The van der Waals surface area contributed by atoms with Crippen LogP contribution in [0.25, 0.3) is 0 Å². The first-order chi connectivity index (χ1) is 24.0. The van der Waals surface area contributed by atoms with Crippen molar-refractivity contribution in [2.24, 2.45) is 46.3 Å². The zero-order valence-electron chi connectivity index (χ0n) is 31.3. The number of aliphatic hydroxyl groups is 8. The van der Waals surface area contributed by atoms with E-state index in [0.29, 0.717) is 25.7 Å². The Morgan fingerprint density at radius 2 is 1.51 bits per heavy atom. The SMILES string of the molecule is CO[C@@H]1[C@H](OC[C@@H]2O[C@@H](O[C@@H](CC[C@@H](C)[C@H]3C[C@@H](O)[C@@H]4[C@]3(C)CC[C@@H]3[C@@]5(C)CC[C@H](O)C[C@@H]5[C@@H](O)C[C@]34O)C(C)C)[C@H](O)[C@@H]2O)OC[C@H](O)[C@@H]1O. The van der Waals surface area contributed by atoms with Gasteiger partial charge in [-0.3, -0.25) is 0 Å². The summed E-state index contributed by atoms with van der Waals surface area (Å²) in [4.78, 5) is 0. The van der Waals surface area contributed by atoms with Crippen LogP contribution in [0.2, 0.25) is 0 Å². The third-order valence-electron chi connectivity index (χ3n) is 14.8. The molecule has 6 rings (SSSR count). The summed E-state index contributed by atoms with van der Waals surface area (Å²) in [5.74, 6) is -0.0134. The van der Waals surface area contributed by atoms with Crippen molar-refractivity contribution in [3.63, 3.8) is 0 Å². The minimum Gasteiger partial charge on any atom is -0.393 e. The van der Waals surface area contributed by atoms with Crippen LogP contribution in [-0.4, -0.2) is 140 Å². The lowest BCUT2D eigenvalue weighted by atomic mass is 9.42. The van der Waals surface area contributed by atoms with E-state index in [-0.39, 0.29) is 72.1 Å². The van der Waals surface area contributed by atoms with Crippen molar-refractivity contribution in [3.05, 3.63) is 0 Å². The lowest BCUT2D eigenvalue weighted by molar-refractivity contribution is -0.285. The molecule has 2 heterocycles. The highest BCUT2D eigenvalue weighted by Crippen LogP contribution is 2.69. The largest absolute Gasteiger partial charge is 0.393 e. The molecule has 51 heavy (non-hydrogen) atoms. The maximum absolute atomic E-state index is 12.6. The minimum atomic E-state index is -1.31. The van der Waals surface area contributed by atoms with Gasteiger partial charge < -0.3 is 64.5 Å². The highest BCUT2D eigenvalue weighted by molar-refractivity contribution is 5.20. The summed E-state index contributed by atoms with van der Waals surface area (Å²) in [7, 11) is 1.37. The smallest absolute Gasteiger partial charge is 0.186 e. The summed E-state index contributed by atoms with van der Waals surface area (Å²) in [6, 6.07) is 0. The van der Waals surface area contributed by atoms with Crippen molar-refractivity contribution in [2.45, 2.75) is 172 Å². The maximum Gasteiger partial charge on any atom is 0.186 e. The monoisotopic (exact) mass is 730 g/mol. The van der Waals surface area contributed by atoms with Crippen molar-refractivity contribution in [1.82, 2.24) is 0 Å². The topological polar surface area (TPSA) is 208 Å². The molecule has 2 aliphatic heterocycles. The fraction of sp³-hybridized carbons (Fsp3) is 1.00. The lowest BCUT2D eigenvalue weighted by Crippen LogP contribution is -2.68. The van der Waals surface area contributed by atoms with E-state index in [4.69, 9.17) is 23.7 Å². The Morgan fingerprint density at radius 3 is 2.20 bits per heavy atom. The average molecular weight is 731 g/mol. The van der Waals surface area contributed by atoms with E-state index in [1.165, 1.54) is 7.11 Å². The first-order valence-electron chi connectivity index (χ1n) is 19.5. The zero-order chi connectivity index (χ0) is 37.2. The number of fused-ring (bicyclic) bond motifs is 5. The Kier molecular flexibility index (Phi) is 12.0. The molecular formula is C38H66O13. The summed E-state index contributed by atoms with van der Waals surface area (Å²) >= 11 is 0. The highest BCUT2D eigenvalue weighted by Gasteiger charge is 2.70. The number of ether oxygens (including phenoxy) is 5. The molecule has 296 valence electrons. The second-order valence-corrected chi connectivity index (χ2v) is 18.1. The Morgan fingerprint density at radius 1 is 0.804 bits per heavy atom. The summed E-state index contributed by atoms with van der Waals surface area (Å²) in [6.45, 7) is 10.4. The van der Waals surface area contributed by atoms with Gasteiger partial charge in [0.2, 0.25) is 0 Å². The molecule has 0 spiro atoms. The van der Waals surface area contributed by atoms with E-state index in [9.17, 15) is 40.9 Å². The van der Waals surface area contributed by atoms with Gasteiger partial charge in [-0.15, -0.1) is 0 Å². The second-order valence-electron chi connectivity index (χ2n) is 18.1. The molecule has 2 saturated heterocycles. The molecule has 4 saturated carbocycles. The third kappa shape index (κ3) is 7.08. The zero-order valence-corrected chi connectivity index (χ0v) is 31.3. The minimum absolute atomic E-state index is 0.0371. The molecule has 6 aliphatic rings. The van der Waals surface area contributed by atoms with Crippen LogP contribution in [0.5, 0.6) is 0 Å². The molecular weight excluding hydrogens is 664 g/mol. The van der Waals surface area contributed by atoms with Crippen molar-refractivity contribution in [1.29, 1.82) is 0 Å². The fourth-order valence-corrected chi connectivity index (χ4v) is 12.1. The quantitative estimate of drug-likeness (QED) is 0.150. The number of hydrogen-bond donors (Lipinski definition) is 8. The van der Waals surface area contributed by atoms with E-state index in [1.807, 2.05) is 13.8 Å². The van der Waals surface area contributed by atoms with Crippen LogP contribution in [0.15, 0.2) is 0 Å². The van der Waals surface area contributed by atoms with Gasteiger partial charge in [-0.25, -0.2) is 0 Å². The van der Waals surface area contributed by atoms with Crippen LogP contribution >= 0.6 is 0 Å². The maximum atomic E-state index is 12.6. The first kappa shape index (κ1) is 40.2. The van der Waals surface area contributed by atoms with Crippen LogP contribution < -0.4 is 0 Å². The molecule has 0 aromatic heterocycles. The molecule has 0 radical (unpaired) electrons. The van der Waals surface area contributed by atoms with Gasteiger partial charge >= 0.3 is 0 Å². The summed E-state index contributed by atoms with van der Waals surface area (Å²) in [6.07, 6.45) is -4.97. The first-order valence-corrected chi connectivity index (χ1v) is 19.5. The van der Waals surface area contributed by atoms with E-state index < -0.39 is 73.1 Å². The molecule has 0 unspecified atom stereocenters. The van der Waals surface area contributed by atoms with Gasteiger partial charge in [-0.05, 0) is 91.8 Å². The molecule has 0 aromatic carbocycles. The third-order valence-corrected chi connectivity index (χ3v) is 14.8. The average Bonchev–Trinajstić information content (AvgIpc) is 3.50. The highest BCUT2D eigenvalue weighted by atomic mass is 16.7. The van der Waals surface area contributed by atoms with Gasteiger partial charge in [0.05, 0.1) is 43.2 Å². The Bertz CT molecular complexity index is 1180. The van der Waals surface area contributed by atoms with Crippen LogP contribution in [-0.2, 0) is 23.7 Å². The summed E-state index contributed by atoms with van der Waals surface area (Å²) in [5.41, 5.74) is -1.77. The number of hydrogen-bond acceptors (Lipinski definition) is 13. The Balaban J connectivity index is 1.07. The van der Waals surface area contributed by atoms with Gasteiger partial charge in [-0.2, -0.15) is 0 Å². The molecule has 0 amide bonds. The van der Waals surface area contributed by atoms with Gasteiger partial charge in [0.25, 0.3) is 0 Å². The number of methoxy groups -OCH3 is 1. The predicted octanol–water partition coefficient (Wildman–Crippen LogP) is 1.08. The van der Waals surface area contributed by atoms with Gasteiger partial charge in [0, 0.05) is 19.4 Å². The molecule has 8 N–H and O–H groups in total. The van der Waals surface area contributed by atoms with Crippen LogP contribution in [0.4, 0.5) is 0 Å². The normalized spacial score (nSPS) is 52.6. The standard InChI is InChI=1S/C38H66O13/c1-18(2)26(50-34-31(45)30(44)27(51-34)17-49-35-32(47-6)29(43)25(42)16-48-35)8-7-19(3)21-14-23(40)33-37(21,5)12-10-28-36(4)11-9-20(39)13-22(36)24(41)15-38(28,33)46/h18-35,39-46H,7-17H2,1-6H3/t19-,20+,21-,22-,23-,24+,25+,26+,27+,28-,29+,30-,31-,32+,33-,34-,35+,36+,37-,38+/m1/s1. The molecule has 13 nitrogen and oxygen atoms in total. The van der Waals surface area contributed by atoms with Crippen molar-refractivity contribution in [3.8, 4) is 0 Å². The van der Waals surface area contributed by atoms with Crippen molar-refractivity contribution < 1.29 is 64.5 Å². The lowest BCUT2D eigenvalue weighted by Gasteiger charge is -2.66. The molecule has 0 bridgehead atoms. The molecule has 4 aliphatic carbocycles. The van der Waals surface area contributed by atoms with Crippen LogP contribution in [0, 0.1) is 46.3 Å². The Labute approximate surface area is 302 Å². The van der Waals surface area contributed by atoms with Crippen LogP contribution in [0.1, 0.15) is 92.4 Å². The number of aliphatic hydroxyl groups excluding tert-OH is 7. The van der Waals surface area contributed by atoms with E-state index in [0.717, 1.165) is 25.7 Å². The van der Waals surface area contributed by atoms with Gasteiger partial charge in [0.1, 0.15) is 36.6 Å². The predicted molar refractivity (Wildman–Crippen MR) is 183 cm³/mol. The second kappa shape index (κ2) is 15.2. The molecule has 13 heteroatoms. The Hall–Kier alpha value is -0.520. The number of rotatable bonds is 11. The molecule has 6 fully saturated rings. The van der Waals surface area contributed by atoms with E-state index in [2.05, 4.69) is 20.8 Å². The fourth-order valence-electron chi connectivity index (χ4n) is 12.1. The van der Waals surface area contributed by atoms with Crippen LogP contribution in [0.3, 0.4) is 0 Å². The van der Waals surface area contributed by atoms with Gasteiger partial charge in [-0.1, -0.05) is 34.6 Å². The van der Waals surface area contributed by atoms with Crippen molar-refractivity contribution >= 4 is 0 Å². The van der Waals surface area contributed by atoms with E-state index >= 15 is 0 Å². The molecule has 20 atom stereocenters. The van der Waals surface area contributed by atoms with E-state index in [1.54, 1.807) is 0 Å². The van der Waals surface area contributed by atoms with Gasteiger partial charge in [0.15, 0.2) is 12.6 Å². The summed E-state index contributed by atoms with van der Waals surface area (Å²) in [5, 5.41) is 88.0. The van der Waals surface area contributed by atoms with Crippen molar-refractivity contribution in [2.75, 3.05) is 20.3 Å².